The summed E-state index contributed by atoms with van der Waals surface area (Å²) in [4.78, 5) is 15.0. The van der Waals surface area contributed by atoms with E-state index in [-0.39, 0.29) is 22.6 Å². The summed E-state index contributed by atoms with van der Waals surface area (Å²) in [6.45, 7) is 8.98. The van der Waals surface area contributed by atoms with E-state index in [9.17, 15) is 10.1 Å². The first-order chi connectivity index (χ1) is 9.01. The monoisotopic (exact) mass is 265 g/mol. The molecule has 106 valence electrons. The van der Waals surface area contributed by atoms with Crippen LogP contribution < -0.4 is 5.32 Å². The molecule has 5 heteroatoms. The summed E-state index contributed by atoms with van der Waals surface area (Å²) in [5, 5.41) is 14.4. The highest BCUT2D eigenvalue weighted by atomic mass is 16.6. The number of aromatic nitrogens is 1. The number of nitro groups is 1. The summed E-state index contributed by atoms with van der Waals surface area (Å²) >= 11 is 0. The van der Waals surface area contributed by atoms with Crippen LogP contribution in [0, 0.1) is 17.0 Å². The van der Waals surface area contributed by atoms with Crippen molar-refractivity contribution in [3.8, 4) is 0 Å². The van der Waals surface area contributed by atoms with E-state index in [1.54, 1.807) is 19.2 Å². The van der Waals surface area contributed by atoms with Gasteiger partial charge in [-0.3, -0.25) is 15.1 Å². The van der Waals surface area contributed by atoms with Crippen molar-refractivity contribution in [1.82, 2.24) is 10.3 Å². The quantitative estimate of drug-likeness (QED) is 0.607. The molecule has 0 spiro atoms. The maximum atomic E-state index is 11.0. The fourth-order valence-corrected chi connectivity index (χ4v) is 2.26. The van der Waals surface area contributed by atoms with E-state index in [0.717, 1.165) is 25.1 Å². The van der Waals surface area contributed by atoms with Gasteiger partial charge in [-0.1, -0.05) is 13.8 Å². The van der Waals surface area contributed by atoms with Crippen LogP contribution in [0.2, 0.25) is 0 Å². The van der Waals surface area contributed by atoms with E-state index in [2.05, 4.69) is 31.1 Å². The third-order valence-corrected chi connectivity index (χ3v) is 3.43. The predicted octanol–water partition coefficient (Wildman–Crippen LogP) is 3.18. The molecule has 5 nitrogen and oxygen atoms in total. The summed E-state index contributed by atoms with van der Waals surface area (Å²) in [5.74, 6) is 0.200. The molecule has 0 saturated carbocycles. The maximum Gasteiger partial charge on any atom is 0.275 e. The van der Waals surface area contributed by atoms with E-state index in [0.29, 0.717) is 5.56 Å². The van der Waals surface area contributed by atoms with Gasteiger partial charge in [0.1, 0.15) is 0 Å². The molecule has 0 bridgehead atoms. The van der Waals surface area contributed by atoms with Gasteiger partial charge in [0.15, 0.2) is 0 Å². The first-order valence-electron chi connectivity index (χ1n) is 6.85. The fraction of sp³-hybridized carbons (Fsp3) is 0.643. The molecule has 0 saturated heterocycles. The zero-order valence-electron chi connectivity index (χ0n) is 12.1. The normalized spacial score (nSPS) is 14.1. The molecular weight excluding hydrogens is 242 g/mol. The largest absolute Gasteiger partial charge is 0.314 e. The first-order valence-corrected chi connectivity index (χ1v) is 6.85. The topological polar surface area (TPSA) is 68.1 Å². The number of pyridine rings is 1. The van der Waals surface area contributed by atoms with Crippen LogP contribution in [0.15, 0.2) is 12.3 Å². The van der Waals surface area contributed by atoms with Gasteiger partial charge in [0.2, 0.25) is 0 Å². The Kier molecular flexibility index (Phi) is 5.89. The molecule has 0 amide bonds. The van der Waals surface area contributed by atoms with Crippen LogP contribution in [0.25, 0.3) is 0 Å². The van der Waals surface area contributed by atoms with Gasteiger partial charge in [-0.2, -0.15) is 0 Å². The van der Waals surface area contributed by atoms with Crippen LogP contribution in [0.4, 0.5) is 5.69 Å². The van der Waals surface area contributed by atoms with Gasteiger partial charge in [-0.25, -0.2) is 0 Å². The minimum Gasteiger partial charge on any atom is -0.314 e. The second kappa shape index (κ2) is 7.19. The highest BCUT2D eigenvalue weighted by molar-refractivity contribution is 5.39. The summed E-state index contributed by atoms with van der Waals surface area (Å²) < 4.78 is 0. The van der Waals surface area contributed by atoms with Crippen LogP contribution in [-0.2, 0) is 0 Å². The Morgan fingerprint density at radius 3 is 2.68 bits per heavy atom. The molecular formula is C14H23N3O2. The van der Waals surface area contributed by atoms with E-state index in [1.807, 2.05) is 0 Å². The Balaban J connectivity index is 2.98. The van der Waals surface area contributed by atoms with Gasteiger partial charge >= 0.3 is 0 Å². The number of nitrogens with zero attached hydrogens (tertiary/aromatic N) is 2. The van der Waals surface area contributed by atoms with Crippen LogP contribution in [0.3, 0.4) is 0 Å². The summed E-state index contributed by atoms with van der Waals surface area (Å²) in [6.07, 6.45) is 3.58. The molecule has 1 heterocycles. The van der Waals surface area contributed by atoms with Crippen molar-refractivity contribution in [3.05, 3.63) is 33.6 Å². The molecule has 1 aromatic heterocycles. The van der Waals surface area contributed by atoms with Gasteiger partial charge in [0.25, 0.3) is 5.69 Å². The Morgan fingerprint density at radius 2 is 2.16 bits per heavy atom. The van der Waals surface area contributed by atoms with Gasteiger partial charge in [0.05, 0.1) is 10.6 Å². The van der Waals surface area contributed by atoms with Crippen molar-refractivity contribution in [1.29, 1.82) is 0 Å². The Hall–Kier alpha value is -1.49. The number of hydrogen-bond donors (Lipinski definition) is 1. The predicted molar refractivity (Wildman–Crippen MR) is 76.4 cm³/mol. The lowest BCUT2D eigenvalue weighted by Gasteiger charge is -2.23. The number of nitrogens with one attached hydrogen (secondary N) is 1. The number of hydrogen-bond acceptors (Lipinski definition) is 4. The van der Waals surface area contributed by atoms with Gasteiger partial charge in [0, 0.05) is 29.8 Å². The zero-order valence-corrected chi connectivity index (χ0v) is 12.1. The van der Waals surface area contributed by atoms with Crippen molar-refractivity contribution in [3.63, 3.8) is 0 Å². The van der Waals surface area contributed by atoms with Gasteiger partial charge in [-0.15, -0.1) is 0 Å². The zero-order chi connectivity index (χ0) is 14.4. The lowest BCUT2D eigenvalue weighted by Crippen LogP contribution is -2.33. The molecule has 2 unspecified atom stereocenters. The molecule has 0 fully saturated rings. The van der Waals surface area contributed by atoms with Gasteiger partial charge < -0.3 is 5.32 Å². The standard InChI is InChI=1S/C14H23N3O2/c1-5-7-15-11(4)12(6-2)13-8-14(17(18)19)10(3)9-16-13/h8-9,11-12,15H,5-7H2,1-4H3. The lowest BCUT2D eigenvalue weighted by molar-refractivity contribution is -0.385. The lowest BCUT2D eigenvalue weighted by atomic mass is 9.93. The average Bonchev–Trinajstić information content (AvgIpc) is 2.38. The fourth-order valence-electron chi connectivity index (χ4n) is 2.26. The highest BCUT2D eigenvalue weighted by Crippen LogP contribution is 2.26. The van der Waals surface area contributed by atoms with Crippen molar-refractivity contribution in [2.45, 2.75) is 52.5 Å². The Labute approximate surface area is 114 Å². The number of rotatable bonds is 7. The van der Waals surface area contributed by atoms with E-state index in [4.69, 9.17) is 0 Å². The molecule has 0 aliphatic carbocycles. The molecule has 0 aromatic carbocycles. The summed E-state index contributed by atoms with van der Waals surface area (Å²) in [7, 11) is 0. The first kappa shape index (κ1) is 15.6. The Bertz CT molecular complexity index is 435. The van der Waals surface area contributed by atoms with E-state index < -0.39 is 0 Å². The minimum atomic E-state index is -0.336. The van der Waals surface area contributed by atoms with Crippen LogP contribution in [-0.4, -0.2) is 22.5 Å². The summed E-state index contributed by atoms with van der Waals surface area (Å²) in [6, 6.07) is 1.88. The molecule has 2 atom stereocenters. The SMILES string of the molecule is CCCNC(C)C(CC)c1cc([N+](=O)[O-])c(C)cn1. The van der Waals surface area contributed by atoms with Crippen LogP contribution in [0.1, 0.15) is 50.8 Å². The highest BCUT2D eigenvalue weighted by Gasteiger charge is 2.21. The molecule has 0 aliphatic rings. The van der Waals surface area contributed by atoms with Crippen molar-refractivity contribution in [2.75, 3.05) is 6.54 Å². The third-order valence-electron chi connectivity index (χ3n) is 3.43. The minimum absolute atomic E-state index is 0.158. The second-order valence-electron chi connectivity index (χ2n) is 4.91. The van der Waals surface area contributed by atoms with E-state index in [1.165, 1.54) is 0 Å². The molecule has 1 N–H and O–H groups in total. The van der Waals surface area contributed by atoms with Crippen molar-refractivity contribution >= 4 is 5.69 Å². The molecule has 0 radical (unpaired) electrons. The van der Waals surface area contributed by atoms with Crippen LogP contribution >= 0.6 is 0 Å². The van der Waals surface area contributed by atoms with E-state index >= 15 is 0 Å². The molecule has 19 heavy (non-hydrogen) atoms. The average molecular weight is 265 g/mol. The van der Waals surface area contributed by atoms with Crippen molar-refractivity contribution < 1.29 is 4.92 Å². The second-order valence-corrected chi connectivity index (χ2v) is 4.91. The molecule has 1 rings (SSSR count). The van der Waals surface area contributed by atoms with Gasteiger partial charge in [-0.05, 0) is 33.2 Å². The molecule has 1 aromatic rings. The van der Waals surface area contributed by atoms with Crippen molar-refractivity contribution in [2.24, 2.45) is 0 Å². The maximum absolute atomic E-state index is 11.0. The third kappa shape index (κ3) is 3.99. The Morgan fingerprint density at radius 1 is 1.47 bits per heavy atom. The molecule has 0 aliphatic heterocycles. The number of aryl methyl sites for hydroxylation is 1. The van der Waals surface area contributed by atoms with Crippen LogP contribution in [0.5, 0.6) is 0 Å². The smallest absolute Gasteiger partial charge is 0.275 e. The summed E-state index contributed by atoms with van der Waals surface area (Å²) in [5.41, 5.74) is 1.57.